The molecule has 2 heterocycles. The smallest absolute Gasteiger partial charge is 0.242 e. The highest BCUT2D eigenvalue weighted by atomic mass is 35.5. The SMILES string of the molecule is Cn1c(SCC(=O)N2c3ccccc3CCc3ccccc32)nnc1-c1ccc(Cl)cc1. The Morgan fingerprint density at radius 3 is 2.12 bits per heavy atom. The molecule has 0 N–H and O–H groups in total. The summed E-state index contributed by atoms with van der Waals surface area (Å²) in [5.74, 6) is 1.02. The molecule has 0 aliphatic carbocycles. The Kier molecular flexibility index (Phi) is 5.72. The number of benzene rings is 3. The standard InChI is InChI=1S/C25H21ClN4OS/c1-29-24(19-12-14-20(26)15-13-19)27-28-25(29)32-16-23(31)30-21-8-4-2-6-17(21)10-11-18-7-3-5-9-22(18)30/h2-9,12-15H,10-11,16H2,1H3. The van der Waals surface area contributed by atoms with Crippen LogP contribution in [0.3, 0.4) is 0 Å². The highest BCUT2D eigenvalue weighted by Gasteiger charge is 2.26. The molecular formula is C25H21ClN4OS. The molecule has 0 bridgehead atoms. The molecule has 5 nitrogen and oxygen atoms in total. The van der Waals surface area contributed by atoms with Crippen LogP contribution in [0.4, 0.5) is 11.4 Å². The average molecular weight is 461 g/mol. The Morgan fingerprint density at radius 2 is 1.50 bits per heavy atom. The molecule has 1 amide bonds. The summed E-state index contributed by atoms with van der Waals surface area (Å²) in [6.45, 7) is 0. The van der Waals surface area contributed by atoms with E-state index in [9.17, 15) is 4.79 Å². The third-order valence-electron chi connectivity index (χ3n) is 5.64. The molecule has 0 atom stereocenters. The second kappa shape index (κ2) is 8.81. The van der Waals surface area contributed by atoms with Crippen molar-refractivity contribution in [2.45, 2.75) is 18.0 Å². The van der Waals surface area contributed by atoms with E-state index in [1.807, 2.05) is 77.2 Å². The van der Waals surface area contributed by atoms with E-state index >= 15 is 0 Å². The zero-order valence-corrected chi connectivity index (χ0v) is 19.1. The summed E-state index contributed by atoms with van der Waals surface area (Å²) >= 11 is 7.39. The second-order valence-corrected chi connectivity index (χ2v) is 9.03. The largest absolute Gasteiger partial charge is 0.305 e. The van der Waals surface area contributed by atoms with E-state index in [4.69, 9.17) is 11.6 Å². The molecule has 7 heteroatoms. The predicted octanol–water partition coefficient (Wildman–Crippen LogP) is 5.69. The van der Waals surface area contributed by atoms with Gasteiger partial charge in [0.15, 0.2) is 11.0 Å². The highest BCUT2D eigenvalue weighted by Crippen LogP contribution is 2.36. The van der Waals surface area contributed by atoms with Gasteiger partial charge in [0.2, 0.25) is 5.91 Å². The van der Waals surface area contributed by atoms with Crippen molar-refractivity contribution in [3.05, 3.63) is 88.9 Å². The Hall–Kier alpha value is -3.09. The van der Waals surface area contributed by atoms with Crippen LogP contribution in [0.5, 0.6) is 0 Å². The minimum atomic E-state index is 0.0212. The summed E-state index contributed by atoms with van der Waals surface area (Å²) < 4.78 is 1.91. The van der Waals surface area contributed by atoms with Gasteiger partial charge in [-0.2, -0.15) is 0 Å². The highest BCUT2D eigenvalue weighted by molar-refractivity contribution is 7.99. The first-order valence-corrected chi connectivity index (χ1v) is 11.7. The van der Waals surface area contributed by atoms with Crippen LogP contribution in [0.15, 0.2) is 78.0 Å². The number of hydrogen-bond acceptors (Lipinski definition) is 4. The van der Waals surface area contributed by atoms with E-state index in [-0.39, 0.29) is 11.7 Å². The van der Waals surface area contributed by atoms with Crippen LogP contribution < -0.4 is 4.90 Å². The quantitative estimate of drug-likeness (QED) is 0.367. The molecule has 3 aromatic carbocycles. The molecule has 4 aromatic rings. The lowest BCUT2D eigenvalue weighted by molar-refractivity contribution is -0.115. The molecule has 1 aromatic heterocycles. The van der Waals surface area contributed by atoms with Crippen molar-refractivity contribution in [2.24, 2.45) is 7.05 Å². The molecule has 1 aliphatic rings. The normalized spacial score (nSPS) is 12.8. The van der Waals surface area contributed by atoms with Crippen molar-refractivity contribution in [3.63, 3.8) is 0 Å². The summed E-state index contributed by atoms with van der Waals surface area (Å²) in [6, 6.07) is 23.8. The van der Waals surface area contributed by atoms with Gasteiger partial charge in [0.25, 0.3) is 0 Å². The number of hydrogen-bond donors (Lipinski definition) is 0. The maximum Gasteiger partial charge on any atom is 0.242 e. The Bertz CT molecular complexity index is 1240. The fourth-order valence-electron chi connectivity index (χ4n) is 4.03. The number of nitrogens with zero attached hydrogens (tertiary/aromatic N) is 4. The predicted molar refractivity (Wildman–Crippen MR) is 130 cm³/mol. The Morgan fingerprint density at radius 1 is 0.906 bits per heavy atom. The van der Waals surface area contributed by atoms with Crippen LogP contribution in [-0.2, 0) is 24.7 Å². The number of halogens is 1. The van der Waals surface area contributed by atoms with Gasteiger partial charge in [0, 0.05) is 17.6 Å². The minimum absolute atomic E-state index is 0.0212. The van der Waals surface area contributed by atoms with E-state index < -0.39 is 0 Å². The number of aryl methyl sites for hydroxylation is 2. The number of anilines is 2. The molecule has 0 saturated carbocycles. The van der Waals surface area contributed by atoms with E-state index in [1.54, 1.807) is 0 Å². The van der Waals surface area contributed by atoms with E-state index in [0.717, 1.165) is 35.6 Å². The van der Waals surface area contributed by atoms with Crippen LogP contribution in [0.1, 0.15) is 11.1 Å². The lowest BCUT2D eigenvalue weighted by Crippen LogP contribution is -2.28. The van der Waals surface area contributed by atoms with Gasteiger partial charge in [-0.05, 0) is 60.4 Å². The molecular weight excluding hydrogens is 440 g/mol. The van der Waals surface area contributed by atoms with Crippen LogP contribution in [0, 0.1) is 0 Å². The molecule has 0 saturated heterocycles. The molecule has 0 radical (unpaired) electrons. The van der Waals surface area contributed by atoms with Crippen LogP contribution in [0.25, 0.3) is 11.4 Å². The number of rotatable bonds is 4. The molecule has 0 unspecified atom stereocenters. The lowest BCUT2D eigenvalue weighted by atomic mass is 10.0. The third-order valence-corrected chi connectivity index (χ3v) is 6.90. The summed E-state index contributed by atoms with van der Waals surface area (Å²) in [7, 11) is 1.91. The number of para-hydroxylation sites is 2. The zero-order valence-electron chi connectivity index (χ0n) is 17.5. The van der Waals surface area contributed by atoms with Crippen LogP contribution in [0.2, 0.25) is 5.02 Å². The number of amides is 1. The van der Waals surface area contributed by atoms with Crippen molar-refractivity contribution < 1.29 is 4.79 Å². The van der Waals surface area contributed by atoms with Gasteiger partial charge in [-0.25, -0.2) is 0 Å². The van der Waals surface area contributed by atoms with Gasteiger partial charge in [-0.3, -0.25) is 9.69 Å². The van der Waals surface area contributed by atoms with E-state index in [1.165, 1.54) is 22.9 Å². The first kappa shape index (κ1) is 20.8. The summed E-state index contributed by atoms with van der Waals surface area (Å²) in [6.07, 6.45) is 1.83. The summed E-state index contributed by atoms with van der Waals surface area (Å²) in [5, 5.41) is 10.00. The molecule has 1 aliphatic heterocycles. The molecule has 5 rings (SSSR count). The van der Waals surface area contributed by atoms with Crippen molar-refractivity contribution >= 4 is 40.6 Å². The fraction of sp³-hybridized carbons (Fsp3) is 0.160. The van der Waals surface area contributed by atoms with Crippen molar-refractivity contribution in [2.75, 3.05) is 10.7 Å². The number of fused-ring (bicyclic) bond motifs is 2. The monoisotopic (exact) mass is 460 g/mol. The Balaban J connectivity index is 1.41. The molecule has 0 spiro atoms. The third kappa shape index (κ3) is 3.92. The molecule has 0 fully saturated rings. The van der Waals surface area contributed by atoms with Gasteiger partial charge in [-0.15, -0.1) is 10.2 Å². The van der Waals surface area contributed by atoms with Gasteiger partial charge < -0.3 is 4.57 Å². The van der Waals surface area contributed by atoms with Crippen molar-refractivity contribution in [1.82, 2.24) is 14.8 Å². The summed E-state index contributed by atoms with van der Waals surface area (Å²) in [5.41, 5.74) is 5.22. The number of thioether (sulfide) groups is 1. The van der Waals surface area contributed by atoms with Gasteiger partial charge >= 0.3 is 0 Å². The maximum atomic E-state index is 13.5. The van der Waals surface area contributed by atoms with Gasteiger partial charge in [-0.1, -0.05) is 59.8 Å². The summed E-state index contributed by atoms with van der Waals surface area (Å²) in [4.78, 5) is 15.4. The first-order chi connectivity index (χ1) is 15.6. The average Bonchev–Trinajstić information content (AvgIpc) is 3.09. The molecule has 160 valence electrons. The Labute approximate surface area is 196 Å². The van der Waals surface area contributed by atoms with E-state index in [2.05, 4.69) is 22.3 Å². The zero-order chi connectivity index (χ0) is 22.1. The fourth-order valence-corrected chi connectivity index (χ4v) is 4.92. The minimum Gasteiger partial charge on any atom is -0.305 e. The number of carbonyl (C=O) groups excluding carboxylic acids is 1. The van der Waals surface area contributed by atoms with Crippen molar-refractivity contribution in [3.8, 4) is 11.4 Å². The second-order valence-electron chi connectivity index (χ2n) is 7.65. The van der Waals surface area contributed by atoms with Crippen molar-refractivity contribution in [1.29, 1.82) is 0 Å². The van der Waals surface area contributed by atoms with Crippen LogP contribution >= 0.6 is 23.4 Å². The number of aromatic nitrogens is 3. The lowest BCUT2D eigenvalue weighted by Gasteiger charge is -2.24. The molecule has 32 heavy (non-hydrogen) atoms. The van der Waals surface area contributed by atoms with E-state index in [0.29, 0.717) is 10.2 Å². The first-order valence-electron chi connectivity index (χ1n) is 10.4. The topological polar surface area (TPSA) is 51.0 Å². The maximum absolute atomic E-state index is 13.5. The van der Waals surface area contributed by atoms with Gasteiger partial charge in [0.1, 0.15) is 0 Å². The number of carbonyl (C=O) groups is 1. The van der Waals surface area contributed by atoms with Crippen LogP contribution in [-0.4, -0.2) is 26.4 Å². The van der Waals surface area contributed by atoms with Gasteiger partial charge in [0.05, 0.1) is 17.1 Å².